The number of Topliss-reactive ketones (excluding diaryl/α,β-unsaturated/α-hetero) is 1. The van der Waals surface area contributed by atoms with E-state index in [-0.39, 0.29) is 30.6 Å². The lowest BCUT2D eigenvalue weighted by Crippen LogP contribution is -2.26. The number of aromatic nitrogens is 1. The Morgan fingerprint density at radius 1 is 1.10 bits per heavy atom. The van der Waals surface area contributed by atoms with Crippen molar-refractivity contribution in [2.24, 2.45) is 0 Å². The number of carbonyl (C=O) groups is 2. The second-order valence-electron chi connectivity index (χ2n) is 4.86. The summed E-state index contributed by atoms with van der Waals surface area (Å²) in [7, 11) is 0. The number of hydrogen-bond donors (Lipinski definition) is 1. The molecule has 1 aromatic heterocycles. The summed E-state index contributed by atoms with van der Waals surface area (Å²) in [5, 5.41) is 2.90. The average molecular weight is 282 g/mol. The molecule has 0 bridgehead atoms. The molecule has 0 radical (unpaired) electrons. The largest absolute Gasteiger partial charge is 0.350 e. The second kappa shape index (κ2) is 7.33. The summed E-state index contributed by atoms with van der Waals surface area (Å²) in [5.41, 5.74) is 1.59. The number of nitrogens with one attached hydrogen (secondary N) is 1. The number of amides is 1. The maximum Gasteiger partial charge on any atom is 0.220 e. The van der Waals surface area contributed by atoms with Crippen LogP contribution in [-0.2, 0) is 4.79 Å². The molecule has 1 N–H and O–H groups in total. The van der Waals surface area contributed by atoms with Crippen LogP contribution in [0.25, 0.3) is 0 Å². The van der Waals surface area contributed by atoms with E-state index in [1.165, 1.54) is 6.20 Å². The number of nitrogens with zero attached hydrogens (tertiary/aromatic N) is 1. The van der Waals surface area contributed by atoms with Crippen molar-refractivity contribution in [2.75, 3.05) is 0 Å². The lowest BCUT2D eigenvalue weighted by atomic mass is 10.1. The Kier molecular flexibility index (Phi) is 5.21. The van der Waals surface area contributed by atoms with Gasteiger partial charge in [0.05, 0.1) is 6.04 Å². The van der Waals surface area contributed by atoms with E-state index in [1.807, 2.05) is 37.3 Å². The first-order chi connectivity index (χ1) is 10.2. The van der Waals surface area contributed by atoms with E-state index < -0.39 is 0 Å². The van der Waals surface area contributed by atoms with Crippen molar-refractivity contribution in [1.29, 1.82) is 0 Å². The van der Waals surface area contributed by atoms with Crippen molar-refractivity contribution in [3.05, 3.63) is 66.0 Å². The van der Waals surface area contributed by atoms with Crippen LogP contribution < -0.4 is 5.32 Å². The third kappa shape index (κ3) is 4.53. The Bertz CT molecular complexity index is 597. The first-order valence-electron chi connectivity index (χ1n) is 6.94. The van der Waals surface area contributed by atoms with Gasteiger partial charge in [0.25, 0.3) is 0 Å². The fourth-order valence-electron chi connectivity index (χ4n) is 2.04. The first-order valence-corrected chi connectivity index (χ1v) is 6.94. The lowest BCUT2D eigenvalue weighted by Gasteiger charge is -2.14. The predicted molar refractivity (Wildman–Crippen MR) is 80.8 cm³/mol. The number of hydrogen-bond acceptors (Lipinski definition) is 3. The van der Waals surface area contributed by atoms with Gasteiger partial charge in [0.1, 0.15) is 0 Å². The molecular formula is C17H18N2O2. The number of benzene rings is 1. The smallest absolute Gasteiger partial charge is 0.220 e. The van der Waals surface area contributed by atoms with E-state index in [1.54, 1.807) is 18.3 Å². The third-order valence-electron chi connectivity index (χ3n) is 3.24. The molecular weight excluding hydrogens is 264 g/mol. The summed E-state index contributed by atoms with van der Waals surface area (Å²) in [6, 6.07) is 13.1. The van der Waals surface area contributed by atoms with Gasteiger partial charge in [0.15, 0.2) is 5.78 Å². The van der Waals surface area contributed by atoms with E-state index in [4.69, 9.17) is 0 Å². The van der Waals surface area contributed by atoms with Crippen LogP contribution in [0.15, 0.2) is 54.9 Å². The van der Waals surface area contributed by atoms with Crippen molar-refractivity contribution < 1.29 is 9.59 Å². The molecule has 1 atom stereocenters. The molecule has 0 saturated heterocycles. The zero-order valence-corrected chi connectivity index (χ0v) is 12.0. The van der Waals surface area contributed by atoms with Gasteiger partial charge in [-0.05, 0) is 24.6 Å². The molecule has 108 valence electrons. The minimum atomic E-state index is -0.122. The second-order valence-corrected chi connectivity index (χ2v) is 4.86. The summed E-state index contributed by atoms with van der Waals surface area (Å²) in [4.78, 5) is 27.7. The Labute approximate surface area is 124 Å². The number of ketones is 1. The van der Waals surface area contributed by atoms with Gasteiger partial charge < -0.3 is 5.32 Å². The SMILES string of the molecule is C[C@H](NC(=O)CCC(=O)c1cccnc1)c1ccccc1. The van der Waals surface area contributed by atoms with Gasteiger partial charge in [-0.25, -0.2) is 0 Å². The van der Waals surface area contributed by atoms with E-state index in [0.717, 1.165) is 5.56 Å². The lowest BCUT2D eigenvalue weighted by molar-refractivity contribution is -0.121. The molecule has 0 saturated carbocycles. The summed E-state index contributed by atoms with van der Waals surface area (Å²) in [5.74, 6) is -0.186. The van der Waals surface area contributed by atoms with Crippen LogP contribution in [0, 0.1) is 0 Å². The standard InChI is InChI=1S/C17H18N2O2/c1-13(14-6-3-2-4-7-14)19-17(21)10-9-16(20)15-8-5-11-18-12-15/h2-8,11-13H,9-10H2,1H3,(H,19,21)/t13-/m0/s1. The molecule has 0 spiro atoms. The van der Waals surface area contributed by atoms with E-state index >= 15 is 0 Å². The number of rotatable bonds is 6. The molecule has 0 fully saturated rings. The molecule has 21 heavy (non-hydrogen) atoms. The summed E-state index contributed by atoms with van der Waals surface area (Å²) >= 11 is 0. The van der Waals surface area contributed by atoms with E-state index in [2.05, 4.69) is 10.3 Å². The zero-order valence-electron chi connectivity index (χ0n) is 12.0. The molecule has 0 aliphatic carbocycles. The highest BCUT2D eigenvalue weighted by atomic mass is 16.2. The Morgan fingerprint density at radius 2 is 1.86 bits per heavy atom. The van der Waals surface area contributed by atoms with Gasteiger partial charge in [-0.15, -0.1) is 0 Å². The quantitative estimate of drug-likeness (QED) is 0.829. The zero-order chi connectivity index (χ0) is 15.1. The van der Waals surface area contributed by atoms with Crippen LogP contribution in [0.5, 0.6) is 0 Å². The third-order valence-corrected chi connectivity index (χ3v) is 3.24. The van der Waals surface area contributed by atoms with Gasteiger partial charge in [0.2, 0.25) is 5.91 Å². The predicted octanol–water partition coefficient (Wildman–Crippen LogP) is 2.92. The molecule has 0 unspecified atom stereocenters. The minimum absolute atomic E-state index is 0.0628. The van der Waals surface area contributed by atoms with Crippen LogP contribution in [-0.4, -0.2) is 16.7 Å². The Morgan fingerprint density at radius 3 is 2.52 bits per heavy atom. The van der Waals surface area contributed by atoms with Crippen molar-refractivity contribution in [2.45, 2.75) is 25.8 Å². The summed E-state index contributed by atoms with van der Waals surface area (Å²) in [6.45, 7) is 1.93. The van der Waals surface area contributed by atoms with Crippen LogP contribution in [0.4, 0.5) is 0 Å². The molecule has 4 heteroatoms. The highest BCUT2D eigenvalue weighted by molar-refractivity contribution is 5.97. The van der Waals surface area contributed by atoms with Crippen LogP contribution in [0.1, 0.15) is 41.7 Å². The Hall–Kier alpha value is -2.49. The molecule has 2 aromatic rings. The number of pyridine rings is 1. The molecule has 1 amide bonds. The molecule has 1 heterocycles. The van der Waals surface area contributed by atoms with Gasteiger partial charge in [-0.1, -0.05) is 30.3 Å². The van der Waals surface area contributed by atoms with Gasteiger partial charge in [-0.3, -0.25) is 14.6 Å². The molecule has 0 aliphatic heterocycles. The monoisotopic (exact) mass is 282 g/mol. The van der Waals surface area contributed by atoms with Crippen molar-refractivity contribution in [1.82, 2.24) is 10.3 Å². The topological polar surface area (TPSA) is 59.1 Å². The highest BCUT2D eigenvalue weighted by Gasteiger charge is 2.12. The maximum absolute atomic E-state index is 11.9. The van der Waals surface area contributed by atoms with Gasteiger partial charge in [-0.2, -0.15) is 0 Å². The van der Waals surface area contributed by atoms with Crippen LogP contribution >= 0.6 is 0 Å². The van der Waals surface area contributed by atoms with Crippen molar-refractivity contribution in [3.8, 4) is 0 Å². The number of carbonyl (C=O) groups excluding carboxylic acids is 2. The maximum atomic E-state index is 11.9. The fraction of sp³-hybridized carbons (Fsp3) is 0.235. The molecule has 4 nitrogen and oxygen atoms in total. The van der Waals surface area contributed by atoms with Crippen molar-refractivity contribution >= 4 is 11.7 Å². The molecule has 2 rings (SSSR count). The highest BCUT2D eigenvalue weighted by Crippen LogP contribution is 2.11. The van der Waals surface area contributed by atoms with Gasteiger partial charge >= 0.3 is 0 Å². The van der Waals surface area contributed by atoms with E-state index in [9.17, 15) is 9.59 Å². The Balaban J connectivity index is 1.81. The summed E-state index contributed by atoms with van der Waals surface area (Å²) in [6.07, 6.45) is 3.52. The summed E-state index contributed by atoms with van der Waals surface area (Å²) < 4.78 is 0. The fourth-order valence-corrected chi connectivity index (χ4v) is 2.04. The normalized spacial score (nSPS) is 11.7. The minimum Gasteiger partial charge on any atom is -0.350 e. The average Bonchev–Trinajstić information content (AvgIpc) is 2.54. The van der Waals surface area contributed by atoms with Crippen molar-refractivity contribution in [3.63, 3.8) is 0 Å². The van der Waals surface area contributed by atoms with Crippen LogP contribution in [0.2, 0.25) is 0 Å². The molecule has 0 aliphatic rings. The van der Waals surface area contributed by atoms with E-state index in [0.29, 0.717) is 5.56 Å². The van der Waals surface area contributed by atoms with Crippen LogP contribution in [0.3, 0.4) is 0 Å². The van der Waals surface area contributed by atoms with Gasteiger partial charge in [0, 0.05) is 30.8 Å². The first kappa shape index (κ1) is 14.9. The molecule has 1 aromatic carbocycles.